The van der Waals surface area contributed by atoms with Gasteiger partial charge in [0.15, 0.2) is 5.16 Å². The molecule has 0 radical (unpaired) electrons. The lowest BCUT2D eigenvalue weighted by atomic mass is 10.2. The highest BCUT2D eigenvalue weighted by Gasteiger charge is 2.30. The van der Waals surface area contributed by atoms with Gasteiger partial charge in [-0.1, -0.05) is 35.5 Å². The Balaban J connectivity index is 1.65. The first-order valence-electron chi connectivity index (χ1n) is 10.2. The molecule has 0 aliphatic rings. The molecular weight excluding hydrogens is 483 g/mol. The van der Waals surface area contributed by atoms with Crippen molar-refractivity contribution in [3.63, 3.8) is 0 Å². The van der Waals surface area contributed by atoms with Gasteiger partial charge in [-0.2, -0.15) is 13.2 Å². The number of thioether (sulfide) groups is 1. The molecule has 0 aliphatic carbocycles. The first kappa shape index (κ1) is 24.0. The molecule has 0 fully saturated rings. The van der Waals surface area contributed by atoms with Gasteiger partial charge < -0.3 is 5.32 Å². The number of carbonyl (C=O) groups is 1. The molecule has 0 saturated carbocycles. The van der Waals surface area contributed by atoms with Crippen molar-refractivity contribution in [1.82, 2.24) is 9.55 Å². The normalized spacial score (nSPS) is 11.7. The van der Waals surface area contributed by atoms with Crippen molar-refractivity contribution < 1.29 is 18.0 Å². The molecule has 0 spiro atoms. The molecule has 10 heteroatoms. The molecule has 0 saturated heterocycles. The second kappa shape index (κ2) is 9.27. The van der Waals surface area contributed by atoms with Gasteiger partial charge in [0.1, 0.15) is 4.83 Å². The number of hydrogen-bond acceptors (Lipinski definition) is 5. The van der Waals surface area contributed by atoms with E-state index in [0.29, 0.717) is 21.1 Å². The quantitative estimate of drug-likeness (QED) is 0.263. The van der Waals surface area contributed by atoms with Gasteiger partial charge in [0.2, 0.25) is 5.91 Å². The van der Waals surface area contributed by atoms with Crippen LogP contribution in [0.3, 0.4) is 0 Å². The minimum Gasteiger partial charge on any atom is -0.325 e. The van der Waals surface area contributed by atoms with Crippen molar-refractivity contribution >= 4 is 44.9 Å². The van der Waals surface area contributed by atoms with Gasteiger partial charge in [-0.05, 0) is 56.7 Å². The van der Waals surface area contributed by atoms with Crippen LogP contribution in [-0.4, -0.2) is 21.2 Å². The first-order chi connectivity index (χ1) is 16.0. The Kier molecular flexibility index (Phi) is 6.55. The Hall–Kier alpha value is -3.11. The summed E-state index contributed by atoms with van der Waals surface area (Å²) in [6, 6.07) is 11.8. The highest BCUT2D eigenvalue weighted by Crippen LogP contribution is 2.31. The number of amides is 1. The molecule has 34 heavy (non-hydrogen) atoms. The number of aromatic nitrogens is 2. The first-order valence-corrected chi connectivity index (χ1v) is 12.0. The highest BCUT2D eigenvalue weighted by atomic mass is 32.2. The van der Waals surface area contributed by atoms with Gasteiger partial charge in [-0.3, -0.25) is 14.2 Å². The van der Waals surface area contributed by atoms with Crippen LogP contribution in [-0.2, 0) is 11.0 Å². The Morgan fingerprint density at radius 3 is 2.50 bits per heavy atom. The zero-order valence-corrected chi connectivity index (χ0v) is 20.1. The minimum absolute atomic E-state index is 0.0456. The number of hydrogen-bond donors (Lipinski definition) is 1. The number of halogens is 3. The molecule has 2 heterocycles. The largest absolute Gasteiger partial charge is 0.416 e. The molecule has 2 aromatic heterocycles. The van der Waals surface area contributed by atoms with Crippen LogP contribution in [0.5, 0.6) is 0 Å². The summed E-state index contributed by atoms with van der Waals surface area (Å²) in [5.74, 6) is -0.642. The van der Waals surface area contributed by atoms with Crippen LogP contribution in [0.4, 0.5) is 18.9 Å². The van der Waals surface area contributed by atoms with Crippen molar-refractivity contribution in [3.8, 4) is 5.69 Å². The number of thiophene rings is 1. The van der Waals surface area contributed by atoms with E-state index in [4.69, 9.17) is 0 Å². The summed E-state index contributed by atoms with van der Waals surface area (Å²) >= 11 is 2.46. The average molecular weight is 504 g/mol. The fourth-order valence-electron chi connectivity index (χ4n) is 3.39. The van der Waals surface area contributed by atoms with Crippen molar-refractivity contribution in [1.29, 1.82) is 0 Å². The second-order valence-electron chi connectivity index (χ2n) is 7.75. The minimum atomic E-state index is -4.50. The summed E-state index contributed by atoms with van der Waals surface area (Å²) in [6.45, 7) is 5.74. The molecular formula is C24H20F3N3O2S2. The van der Waals surface area contributed by atoms with E-state index >= 15 is 0 Å². The molecule has 176 valence electrons. The van der Waals surface area contributed by atoms with Crippen LogP contribution >= 0.6 is 23.1 Å². The number of nitrogens with zero attached hydrogens (tertiary/aromatic N) is 2. The topological polar surface area (TPSA) is 64.0 Å². The summed E-state index contributed by atoms with van der Waals surface area (Å²) in [5.41, 5.74) is 1.50. The second-order valence-corrected chi connectivity index (χ2v) is 9.89. The molecule has 4 rings (SSSR count). The van der Waals surface area contributed by atoms with E-state index in [2.05, 4.69) is 10.3 Å². The monoisotopic (exact) mass is 503 g/mol. The number of nitrogens with one attached hydrogen (secondary N) is 1. The molecule has 5 nitrogen and oxygen atoms in total. The maximum absolute atomic E-state index is 13.4. The van der Waals surface area contributed by atoms with Gasteiger partial charge in [-0.25, -0.2) is 4.98 Å². The van der Waals surface area contributed by atoms with E-state index in [0.717, 1.165) is 39.9 Å². The number of aryl methyl sites for hydroxylation is 3. The standard InChI is InChI=1S/C24H20F3N3O2S2/c1-13-7-9-18(10-8-13)30-22(32)20-14(2)15(3)34-21(20)29-23(30)33-12-19(31)28-17-6-4-5-16(11-17)24(25,26)27/h4-11H,12H2,1-3H3,(H,28,31). The molecule has 0 atom stereocenters. The average Bonchev–Trinajstić information content (AvgIpc) is 3.06. The number of benzene rings is 2. The zero-order chi connectivity index (χ0) is 24.6. The molecule has 1 amide bonds. The van der Waals surface area contributed by atoms with Gasteiger partial charge in [-0.15, -0.1) is 11.3 Å². The molecule has 1 N–H and O–H groups in total. The predicted octanol–water partition coefficient (Wildman–Crippen LogP) is 6.12. The van der Waals surface area contributed by atoms with E-state index in [1.54, 1.807) is 0 Å². The molecule has 0 unspecified atom stereocenters. The number of anilines is 1. The summed E-state index contributed by atoms with van der Waals surface area (Å²) in [6.07, 6.45) is -4.50. The predicted molar refractivity (Wildman–Crippen MR) is 130 cm³/mol. The molecule has 0 bridgehead atoms. The van der Waals surface area contributed by atoms with E-state index in [9.17, 15) is 22.8 Å². The van der Waals surface area contributed by atoms with Crippen molar-refractivity contribution in [2.24, 2.45) is 0 Å². The molecule has 2 aromatic carbocycles. The highest BCUT2D eigenvalue weighted by molar-refractivity contribution is 7.99. The van der Waals surface area contributed by atoms with Gasteiger partial charge in [0.25, 0.3) is 5.56 Å². The van der Waals surface area contributed by atoms with Crippen LogP contribution in [0.25, 0.3) is 15.9 Å². The van der Waals surface area contributed by atoms with E-state index in [1.807, 2.05) is 45.0 Å². The summed E-state index contributed by atoms with van der Waals surface area (Å²) < 4.78 is 40.3. The Labute approximate surface area is 201 Å². The number of alkyl halides is 3. The maximum atomic E-state index is 13.4. The summed E-state index contributed by atoms with van der Waals surface area (Å²) in [5, 5.41) is 3.36. The van der Waals surface area contributed by atoms with E-state index in [1.165, 1.54) is 28.0 Å². The zero-order valence-electron chi connectivity index (χ0n) is 18.5. The fourth-order valence-corrected chi connectivity index (χ4v) is 5.28. The molecule has 0 aliphatic heterocycles. The van der Waals surface area contributed by atoms with Crippen LogP contribution in [0.15, 0.2) is 58.5 Å². The Bertz CT molecular complexity index is 1440. The van der Waals surface area contributed by atoms with Crippen LogP contribution in [0.1, 0.15) is 21.6 Å². The van der Waals surface area contributed by atoms with Crippen molar-refractivity contribution in [3.05, 3.63) is 80.5 Å². The lowest BCUT2D eigenvalue weighted by molar-refractivity contribution is -0.137. The van der Waals surface area contributed by atoms with Crippen molar-refractivity contribution in [2.75, 3.05) is 11.1 Å². The number of fused-ring (bicyclic) bond motifs is 1. The van der Waals surface area contributed by atoms with E-state index < -0.39 is 17.6 Å². The number of carbonyl (C=O) groups excluding carboxylic acids is 1. The lowest BCUT2D eigenvalue weighted by Gasteiger charge is -2.13. The van der Waals surface area contributed by atoms with Crippen LogP contribution in [0, 0.1) is 20.8 Å². The molecule has 4 aromatic rings. The van der Waals surface area contributed by atoms with Gasteiger partial charge in [0.05, 0.1) is 22.4 Å². The third kappa shape index (κ3) is 4.88. The SMILES string of the molecule is Cc1ccc(-n2c(SCC(=O)Nc3cccc(C(F)(F)F)c3)nc3sc(C)c(C)c3c2=O)cc1. The smallest absolute Gasteiger partial charge is 0.325 e. The third-order valence-electron chi connectivity index (χ3n) is 5.27. The van der Waals surface area contributed by atoms with Gasteiger partial charge in [0, 0.05) is 10.6 Å². The van der Waals surface area contributed by atoms with Crippen LogP contribution in [0.2, 0.25) is 0 Å². The third-order valence-corrected chi connectivity index (χ3v) is 7.31. The Morgan fingerprint density at radius 1 is 1.12 bits per heavy atom. The van der Waals surface area contributed by atoms with Crippen LogP contribution < -0.4 is 10.9 Å². The maximum Gasteiger partial charge on any atom is 0.416 e. The Morgan fingerprint density at radius 2 is 1.82 bits per heavy atom. The fraction of sp³-hybridized carbons (Fsp3) is 0.208. The lowest BCUT2D eigenvalue weighted by Crippen LogP contribution is -2.23. The van der Waals surface area contributed by atoms with Gasteiger partial charge >= 0.3 is 6.18 Å². The number of rotatable bonds is 5. The van der Waals surface area contributed by atoms with Crippen molar-refractivity contribution in [2.45, 2.75) is 32.1 Å². The van der Waals surface area contributed by atoms with E-state index in [-0.39, 0.29) is 17.0 Å². The summed E-state index contributed by atoms with van der Waals surface area (Å²) in [4.78, 5) is 32.2. The summed E-state index contributed by atoms with van der Waals surface area (Å²) in [7, 11) is 0.